The van der Waals surface area contributed by atoms with Crippen molar-refractivity contribution in [2.45, 2.75) is 46.1 Å². The van der Waals surface area contributed by atoms with E-state index in [1.165, 1.54) is 5.56 Å². The van der Waals surface area contributed by atoms with Gasteiger partial charge in [-0.05, 0) is 57.9 Å². The molecule has 0 aliphatic heterocycles. The molecule has 1 aromatic carbocycles. The molecule has 0 heterocycles. The lowest BCUT2D eigenvalue weighted by atomic mass is 10.1. The molecule has 1 N–H and O–H groups in total. The molecule has 0 unspecified atom stereocenters. The first-order valence-corrected chi connectivity index (χ1v) is 6.48. The van der Waals surface area contributed by atoms with E-state index in [0.717, 1.165) is 31.7 Å². The number of hydrogen-bond acceptors (Lipinski definition) is 2. The van der Waals surface area contributed by atoms with E-state index in [0.29, 0.717) is 0 Å². The second-order valence-electron chi connectivity index (χ2n) is 5.42. The fraction of sp³-hybridized carbons (Fsp3) is 0.600. The maximum absolute atomic E-state index is 5.62. The van der Waals surface area contributed by atoms with Crippen LogP contribution in [-0.4, -0.2) is 18.7 Å². The summed E-state index contributed by atoms with van der Waals surface area (Å²) in [6.45, 7) is 10.5. The maximum atomic E-state index is 5.62. The minimum absolute atomic E-state index is 0.191. The molecule has 1 aromatic rings. The highest BCUT2D eigenvalue weighted by atomic mass is 16.5. The molecule has 0 atom stereocenters. The fourth-order valence-corrected chi connectivity index (χ4v) is 1.59. The van der Waals surface area contributed by atoms with Crippen molar-refractivity contribution in [2.24, 2.45) is 0 Å². The van der Waals surface area contributed by atoms with E-state index >= 15 is 0 Å². The molecule has 0 saturated carbocycles. The molecule has 1 rings (SSSR count). The van der Waals surface area contributed by atoms with Crippen LogP contribution in [0.25, 0.3) is 0 Å². The minimum Gasteiger partial charge on any atom is -0.494 e. The van der Waals surface area contributed by atoms with Gasteiger partial charge in [0.2, 0.25) is 0 Å². The molecule has 0 amide bonds. The van der Waals surface area contributed by atoms with Crippen LogP contribution in [0, 0.1) is 0 Å². The Balaban J connectivity index is 2.43. The third kappa shape index (κ3) is 6.32. The molecular weight excluding hydrogens is 210 g/mol. The average molecular weight is 235 g/mol. The number of ether oxygens (including phenoxy) is 1. The van der Waals surface area contributed by atoms with Crippen LogP contribution in [0.15, 0.2) is 24.3 Å². The molecule has 0 radical (unpaired) electrons. The van der Waals surface area contributed by atoms with Crippen molar-refractivity contribution in [3.05, 3.63) is 29.8 Å². The lowest BCUT2D eigenvalue weighted by Gasteiger charge is -2.20. The van der Waals surface area contributed by atoms with Crippen molar-refractivity contribution >= 4 is 0 Å². The summed E-state index contributed by atoms with van der Waals surface area (Å²) < 4.78 is 5.62. The number of nitrogens with one attached hydrogen (secondary N) is 1. The Labute approximate surface area is 105 Å². The van der Waals surface area contributed by atoms with Crippen LogP contribution >= 0.6 is 0 Å². The lowest BCUT2D eigenvalue weighted by Crippen LogP contribution is -2.37. The van der Waals surface area contributed by atoms with Crippen molar-refractivity contribution in [1.82, 2.24) is 5.32 Å². The van der Waals surface area contributed by atoms with Crippen LogP contribution in [0.3, 0.4) is 0 Å². The van der Waals surface area contributed by atoms with Crippen molar-refractivity contribution in [1.29, 1.82) is 0 Å². The maximum Gasteiger partial charge on any atom is 0.119 e. The number of hydrogen-bond donors (Lipinski definition) is 1. The monoisotopic (exact) mass is 235 g/mol. The Morgan fingerprint density at radius 3 is 2.65 bits per heavy atom. The van der Waals surface area contributed by atoms with Gasteiger partial charge in [-0.15, -0.1) is 0 Å². The molecule has 0 spiro atoms. The molecule has 0 aliphatic carbocycles. The molecule has 2 heteroatoms. The smallest absolute Gasteiger partial charge is 0.119 e. The van der Waals surface area contributed by atoms with Gasteiger partial charge in [0, 0.05) is 5.54 Å². The SMILES string of the molecule is CCCOc1cccc(CCNC(C)(C)C)c1. The number of benzene rings is 1. The van der Waals surface area contributed by atoms with Gasteiger partial charge in [0.05, 0.1) is 6.61 Å². The minimum atomic E-state index is 0.191. The third-order valence-electron chi connectivity index (χ3n) is 2.44. The van der Waals surface area contributed by atoms with Crippen LogP contribution in [0.1, 0.15) is 39.7 Å². The van der Waals surface area contributed by atoms with Crippen LogP contribution in [-0.2, 0) is 6.42 Å². The molecule has 2 nitrogen and oxygen atoms in total. The predicted octanol–water partition coefficient (Wildman–Crippen LogP) is 3.41. The van der Waals surface area contributed by atoms with Gasteiger partial charge in [-0.1, -0.05) is 19.1 Å². The topological polar surface area (TPSA) is 21.3 Å². The number of rotatable bonds is 6. The van der Waals surface area contributed by atoms with Gasteiger partial charge in [-0.2, -0.15) is 0 Å². The molecular formula is C15H25NO. The summed E-state index contributed by atoms with van der Waals surface area (Å²) in [7, 11) is 0. The lowest BCUT2D eigenvalue weighted by molar-refractivity contribution is 0.317. The van der Waals surface area contributed by atoms with E-state index in [4.69, 9.17) is 4.74 Å². The standard InChI is InChI=1S/C15H25NO/c1-5-11-17-14-8-6-7-13(12-14)9-10-16-15(2,3)4/h6-8,12,16H,5,9-11H2,1-4H3. The van der Waals surface area contributed by atoms with Crippen molar-refractivity contribution in [3.63, 3.8) is 0 Å². The zero-order valence-electron chi connectivity index (χ0n) is 11.5. The summed E-state index contributed by atoms with van der Waals surface area (Å²) in [5.74, 6) is 0.986. The van der Waals surface area contributed by atoms with Crippen LogP contribution in [0.2, 0.25) is 0 Å². The molecule has 96 valence electrons. The molecule has 0 bridgehead atoms. The highest BCUT2D eigenvalue weighted by Gasteiger charge is 2.07. The Hall–Kier alpha value is -1.02. The van der Waals surface area contributed by atoms with Gasteiger partial charge < -0.3 is 10.1 Å². The summed E-state index contributed by atoms with van der Waals surface area (Å²) >= 11 is 0. The largest absolute Gasteiger partial charge is 0.494 e. The molecule has 0 fully saturated rings. The first kappa shape index (κ1) is 14.0. The second-order valence-corrected chi connectivity index (χ2v) is 5.42. The van der Waals surface area contributed by atoms with Gasteiger partial charge >= 0.3 is 0 Å². The molecule has 0 saturated heterocycles. The van der Waals surface area contributed by atoms with Gasteiger partial charge in [-0.25, -0.2) is 0 Å². The van der Waals surface area contributed by atoms with Crippen LogP contribution in [0.5, 0.6) is 5.75 Å². The second kappa shape index (κ2) is 6.65. The summed E-state index contributed by atoms with van der Waals surface area (Å²) in [5, 5.41) is 3.49. The van der Waals surface area contributed by atoms with E-state index in [2.05, 4.69) is 51.2 Å². The quantitative estimate of drug-likeness (QED) is 0.816. The fourth-order valence-electron chi connectivity index (χ4n) is 1.59. The normalized spacial score (nSPS) is 11.5. The van der Waals surface area contributed by atoms with Crippen molar-refractivity contribution < 1.29 is 4.74 Å². The van der Waals surface area contributed by atoms with E-state index in [-0.39, 0.29) is 5.54 Å². The molecule has 17 heavy (non-hydrogen) atoms. The van der Waals surface area contributed by atoms with Gasteiger partial charge in [-0.3, -0.25) is 0 Å². The summed E-state index contributed by atoms with van der Waals surface area (Å²) in [6, 6.07) is 8.39. The van der Waals surface area contributed by atoms with Crippen molar-refractivity contribution in [2.75, 3.05) is 13.2 Å². The Morgan fingerprint density at radius 1 is 1.24 bits per heavy atom. The Bertz CT molecular complexity index is 328. The average Bonchev–Trinajstić information content (AvgIpc) is 2.25. The van der Waals surface area contributed by atoms with E-state index in [1.807, 2.05) is 6.07 Å². The summed E-state index contributed by atoms with van der Waals surface area (Å²) in [6.07, 6.45) is 2.09. The van der Waals surface area contributed by atoms with Gasteiger partial charge in [0.15, 0.2) is 0 Å². The van der Waals surface area contributed by atoms with Crippen molar-refractivity contribution in [3.8, 4) is 5.75 Å². The zero-order chi connectivity index (χ0) is 12.7. The van der Waals surface area contributed by atoms with Crippen LogP contribution in [0.4, 0.5) is 0 Å². The Morgan fingerprint density at radius 2 is 2.00 bits per heavy atom. The predicted molar refractivity (Wildman–Crippen MR) is 73.7 cm³/mol. The molecule has 0 aliphatic rings. The summed E-state index contributed by atoms with van der Waals surface area (Å²) in [5.41, 5.74) is 1.52. The molecule has 0 aromatic heterocycles. The van der Waals surface area contributed by atoms with Gasteiger partial charge in [0.25, 0.3) is 0 Å². The van der Waals surface area contributed by atoms with Gasteiger partial charge in [0.1, 0.15) is 5.75 Å². The third-order valence-corrected chi connectivity index (χ3v) is 2.44. The van der Waals surface area contributed by atoms with E-state index in [1.54, 1.807) is 0 Å². The first-order valence-electron chi connectivity index (χ1n) is 6.48. The Kier molecular flexibility index (Phi) is 5.49. The van der Waals surface area contributed by atoms with E-state index < -0.39 is 0 Å². The summed E-state index contributed by atoms with van der Waals surface area (Å²) in [4.78, 5) is 0. The first-order chi connectivity index (χ1) is 8.01. The highest BCUT2D eigenvalue weighted by molar-refractivity contribution is 5.28. The highest BCUT2D eigenvalue weighted by Crippen LogP contribution is 2.14. The van der Waals surface area contributed by atoms with Crippen LogP contribution < -0.4 is 10.1 Å². The zero-order valence-corrected chi connectivity index (χ0v) is 11.5. The van der Waals surface area contributed by atoms with E-state index in [9.17, 15) is 0 Å².